The van der Waals surface area contributed by atoms with Gasteiger partial charge in [0.1, 0.15) is 0 Å². The van der Waals surface area contributed by atoms with Crippen molar-refractivity contribution in [3.63, 3.8) is 0 Å². The Balaban J connectivity index is 1.50. The number of nitrogens with one attached hydrogen (secondary N) is 2. The van der Waals surface area contributed by atoms with Gasteiger partial charge in [0.25, 0.3) is 5.91 Å². The lowest BCUT2D eigenvalue weighted by molar-refractivity contribution is 0.0898. The molecule has 1 heterocycles. The first-order chi connectivity index (χ1) is 15.1. The van der Waals surface area contributed by atoms with E-state index >= 15 is 0 Å². The maximum absolute atomic E-state index is 12.5. The fourth-order valence-electron chi connectivity index (χ4n) is 3.60. The third-order valence-electron chi connectivity index (χ3n) is 5.23. The molecule has 1 aliphatic rings. The fourth-order valence-corrected chi connectivity index (χ4v) is 3.60. The van der Waals surface area contributed by atoms with Crippen molar-refractivity contribution in [3.05, 3.63) is 29.4 Å². The van der Waals surface area contributed by atoms with Crippen molar-refractivity contribution in [2.24, 2.45) is 0 Å². The van der Waals surface area contributed by atoms with Gasteiger partial charge in [-0.3, -0.25) is 9.59 Å². The monoisotopic (exact) mass is 432 g/mol. The van der Waals surface area contributed by atoms with Gasteiger partial charge in [-0.05, 0) is 25.0 Å². The van der Waals surface area contributed by atoms with Crippen molar-refractivity contribution < 1.29 is 28.3 Å². The first kappa shape index (κ1) is 22.4. The molecule has 0 saturated heterocycles. The maximum atomic E-state index is 12.5. The van der Waals surface area contributed by atoms with Crippen molar-refractivity contribution in [1.29, 1.82) is 0 Å². The van der Waals surface area contributed by atoms with E-state index in [0.717, 1.165) is 25.7 Å². The highest BCUT2D eigenvalue weighted by atomic mass is 16.5. The molecule has 0 radical (unpaired) electrons. The Morgan fingerprint density at radius 1 is 0.968 bits per heavy atom. The predicted molar refractivity (Wildman–Crippen MR) is 111 cm³/mol. The molecule has 1 fully saturated rings. The minimum Gasteiger partial charge on any atom is -0.493 e. The number of carbonyl (C=O) groups is 2. The number of aromatic nitrogens is 2. The zero-order valence-corrected chi connectivity index (χ0v) is 18.0. The van der Waals surface area contributed by atoms with Gasteiger partial charge in [-0.1, -0.05) is 24.4 Å². The van der Waals surface area contributed by atoms with E-state index in [1.54, 1.807) is 12.1 Å². The van der Waals surface area contributed by atoms with Crippen molar-refractivity contribution >= 4 is 11.8 Å². The second-order valence-electron chi connectivity index (χ2n) is 7.22. The zero-order valence-electron chi connectivity index (χ0n) is 18.0. The summed E-state index contributed by atoms with van der Waals surface area (Å²) in [5.41, 5.74) is 0.342. The van der Waals surface area contributed by atoms with E-state index in [-0.39, 0.29) is 30.8 Å². The highest BCUT2D eigenvalue weighted by Gasteiger charge is 2.23. The van der Waals surface area contributed by atoms with Gasteiger partial charge in [0.15, 0.2) is 17.3 Å². The van der Waals surface area contributed by atoms with Crippen LogP contribution in [0.15, 0.2) is 16.7 Å². The Labute approximate surface area is 180 Å². The number of rotatable bonds is 9. The van der Waals surface area contributed by atoms with Gasteiger partial charge in [0, 0.05) is 24.6 Å². The Morgan fingerprint density at radius 2 is 1.58 bits per heavy atom. The minimum absolute atomic E-state index is 0.0588. The second kappa shape index (κ2) is 10.6. The average molecular weight is 432 g/mol. The molecule has 2 amide bonds. The van der Waals surface area contributed by atoms with Gasteiger partial charge in [0.2, 0.25) is 5.75 Å². The summed E-state index contributed by atoms with van der Waals surface area (Å²) in [5, 5.41) is 9.35. The minimum atomic E-state index is -0.461. The molecule has 2 aromatic rings. The number of methoxy groups -OCH3 is 3. The van der Waals surface area contributed by atoms with Gasteiger partial charge in [-0.15, -0.1) is 0 Å². The first-order valence-corrected chi connectivity index (χ1v) is 10.3. The van der Waals surface area contributed by atoms with Crippen LogP contribution >= 0.6 is 0 Å². The highest BCUT2D eigenvalue weighted by molar-refractivity contribution is 5.95. The summed E-state index contributed by atoms with van der Waals surface area (Å²) in [5.74, 6) is 1.16. The van der Waals surface area contributed by atoms with Crippen LogP contribution in [0.1, 0.15) is 64.9 Å². The van der Waals surface area contributed by atoms with Crippen LogP contribution in [0, 0.1) is 0 Å². The molecular formula is C21H28N4O6. The van der Waals surface area contributed by atoms with E-state index in [1.807, 2.05) is 0 Å². The molecule has 1 saturated carbocycles. The average Bonchev–Trinajstić information content (AvgIpc) is 3.31. The normalized spacial score (nSPS) is 14.0. The molecule has 168 valence electrons. The molecule has 0 bridgehead atoms. The van der Waals surface area contributed by atoms with E-state index in [2.05, 4.69) is 20.8 Å². The Morgan fingerprint density at radius 3 is 2.16 bits per heavy atom. The lowest BCUT2D eigenvalue weighted by Crippen LogP contribution is -2.34. The largest absolute Gasteiger partial charge is 0.493 e. The number of ether oxygens (including phenoxy) is 3. The van der Waals surface area contributed by atoms with Crippen LogP contribution in [-0.4, -0.2) is 56.4 Å². The molecule has 31 heavy (non-hydrogen) atoms. The quantitative estimate of drug-likeness (QED) is 0.579. The molecule has 1 aliphatic carbocycles. The summed E-state index contributed by atoms with van der Waals surface area (Å²) < 4.78 is 20.9. The van der Waals surface area contributed by atoms with E-state index in [9.17, 15) is 9.59 Å². The van der Waals surface area contributed by atoms with Crippen LogP contribution < -0.4 is 24.8 Å². The molecular weight excluding hydrogens is 404 g/mol. The van der Waals surface area contributed by atoms with E-state index in [4.69, 9.17) is 18.7 Å². The number of nitrogens with zero attached hydrogens (tertiary/aromatic N) is 2. The molecule has 1 aromatic carbocycles. The van der Waals surface area contributed by atoms with E-state index < -0.39 is 5.91 Å². The summed E-state index contributed by atoms with van der Waals surface area (Å²) in [6, 6.07) is 3.11. The molecule has 0 atom stereocenters. The Hall–Kier alpha value is -3.30. The summed E-state index contributed by atoms with van der Waals surface area (Å²) >= 11 is 0. The summed E-state index contributed by atoms with van der Waals surface area (Å²) in [6.07, 6.45) is 5.56. The number of hydrogen-bond acceptors (Lipinski definition) is 8. The molecule has 0 spiro atoms. The maximum Gasteiger partial charge on any atom is 0.315 e. The number of hydrogen-bond donors (Lipinski definition) is 2. The number of benzene rings is 1. The molecule has 0 aliphatic heterocycles. The summed E-state index contributed by atoms with van der Waals surface area (Å²) in [6.45, 7) is 0.418. The van der Waals surface area contributed by atoms with Crippen LogP contribution in [0.2, 0.25) is 0 Å². The summed E-state index contributed by atoms with van der Waals surface area (Å²) in [4.78, 5) is 28.9. The predicted octanol–water partition coefficient (Wildman–Crippen LogP) is 2.30. The lowest BCUT2D eigenvalue weighted by atomic mass is 9.89. The van der Waals surface area contributed by atoms with Crippen molar-refractivity contribution in [2.45, 2.75) is 38.0 Å². The molecule has 1 aromatic heterocycles. The van der Waals surface area contributed by atoms with Crippen molar-refractivity contribution in [2.75, 3.05) is 34.4 Å². The van der Waals surface area contributed by atoms with Gasteiger partial charge < -0.3 is 29.4 Å². The van der Waals surface area contributed by atoms with Crippen LogP contribution in [0.5, 0.6) is 17.2 Å². The van der Waals surface area contributed by atoms with Gasteiger partial charge in [-0.2, -0.15) is 4.98 Å². The van der Waals surface area contributed by atoms with Crippen LogP contribution in [-0.2, 0) is 0 Å². The second-order valence-corrected chi connectivity index (χ2v) is 7.22. The van der Waals surface area contributed by atoms with E-state index in [0.29, 0.717) is 28.6 Å². The van der Waals surface area contributed by atoms with Crippen LogP contribution in [0.3, 0.4) is 0 Å². The molecule has 10 nitrogen and oxygen atoms in total. The van der Waals surface area contributed by atoms with Gasteiger partial charge >= 0.3 is 11.8 Å². The Kier molecular flexibility index (Phi) is 7.69. The SMILES string of the molecule is COc1cc(C(=O)NCCNC(=O)c2nc(C3CCCCC3)no2)cc(OC)c1OC. The van der Waals surface area contributed by atoms with Crippen LogP contribution in [0.25, 0.3) is 0 Å². The van der Waals surface area contributed by atoms with Gasteiger partial charge in [0.05, 0.1) is 21.3 Å². The lowest BCUT2D eigenvalue weighted by Gasteiger charge is -2.17. The molecule has 0 unspecified atom stereocenters. The summed E-state index contributed by atoms with van der Waals surface area (Å²) in [7, 11) is 4.45. The third kappa shape index (κ3) is 5.44. The first-order valence-electron chi connectivity index (χ1n) is 10.3. The number of carbonyl (C=O) groups excluding carboxylic acids is 2. The van der Waals surface area contributed by atoms with Gasteiger partial charge in [-0.25, -0.2) is 0 Å². The van der Waals surface area contributed by atoms with Crippen molar-refractivity contribution in [3.8, 4) is 17.2 Å². The van der Waals surface area contributed by atoms with Crippen molar-refractivity contribution in [1.82, 2.24) is 20.8 Å². The zero-order chi connectivity index (χ0) is 22.2. The third-order valence-corrected chi connectivity index (χ3v) is 5.23. The number of amides is 2. The molecule has 10 heteroatoms. The Bertz CT molecular complexity index is 882. The highest BCUT2D eigenvalue weighted by Crippen LogP contribution is 2.38. The standard InChI is InChI=1S/C21H28N4O6/c1-28-15-11-14(12-16(29-2)17(15)30-3)19(26)22-9-10-23-20(27)21-24-18(25-31-21)13-7-5-4-6-8-13/h11-13H,4-10H2,1-3H3,(H,22,26)(H,23,27). The topological polar surface area (TPSA) is 125 Å². The van der Waals surface area contributed by atoms with Crippen LogP contribution in [0.4, 0.5) is 0 Å². The van der Waals surface area contributed by atoms with E-state index in [1.165, 1.54) is 27.8 Å². The molecule has 2 N–H and O–H groups in total. The fraction of sp³-hybridized carbons (Fsp3) is 0.524. The molecule has 3 rings (SSSR count). The smallest absolute Gasteiger partial charge is 0.315 e.